The summed E-state index contributed by atoms with van der Waals surface area (Å²) < 4.78 is 0. The topological polar surface area (TPSA) is 83.6 Å². The number of likely N-dealkylation sites (tertiary alicyclic amines) is 1. The van der Waals surface area contributed by atoms with Crippen molar-refractivity contribution in [1.82, 2.24) is 4.90 Å². The van der Waals surface area contributed by atoms with Gasteiger partial charge >= 0.3 is 5.97 Å². The number of carbonyl (C=O) groups is 2. The van der Waals surface area contributed by atoms with Gasteiger partial charge in [-0.05, 0) is 31.4 Å². The number of nitrogen functional groups attached to an aromatic ring is 1. The lowest BCUT2D eigenvalue weighted by atomic mass is 9.90. The van der Waals surface area contributed by atoms with Crippen LogP contribution in [0.2, 0.25) is 0 Å². The number of amides is 1. The molecule has 1 unspecified atom stereocenters. The van der Waals surface area contributed by atoms with Crippen molar-refractivity contribution in [3.8, 4) is 0 Å². The summed E-state index contributed by atoms with van der Waals surface area (Å²) >= 11 is 0. The van der Waals surface area contributed by atoms with Crippen LogP contribution in [0.5, 0.6) is 0 Å². The Balaban J connectivity index is 1.91. The predicted molar refractivity (Wildman–Crippen MR) is 76.1 cm³/mol. The Morgan fingerprint density at radius 2 is 2.10 bits per heavy atom. The summed E-state index contributed by atoms with van der Waals surface area (Å²) in [7, 11) is 0. The highest BCUT2D eigenvalue weighted by Crippen LogP contribution is 2.30. The first-order valence-corrected chi connectivity index (χ1v) is 6.77. The van der Waals surface area contributed by atoms with Gasteiger partial charge in [-0.3, -0.25) is 9.59 Å². The molecule has 1 aromatic carbocycles. The average molecular weight is 276 g/mol. The van der Waals surface area contributed by atoms with E-state index >= 15 is 0 Å². The molecular formula is C15H20N2O3. The zero-order valence-electron chi connectivity index (χ0n) is 11.6. The van der Waals surface area contributed by atoms with E-state index in [1.165, 1.54) is 0 Å². The summed E-state index contributed by atoms with van der Waals surface area (Å²) in [5, 5.41) is 9.16. The number of aliphatic carboxylic acids is 1. The van der Waals surface area contributed by atoms with Crippen molar-refractivity contribution in [2.45, 2.75) is 26.2 Å². The molecule has 1 amide bonds. The summed E-state index contributed by atoms with van der Waals surface area (Å²) in [5.74, 6) is -0.835. The number of carbonyl (C=O) groups excluding carboxylic acids is 1. The molecule has 1 aliphatic rings. The minimum Gasteiger partial charge on any atom is -0.481 e. The Morgan fingerprint density at radius 3 is 2.70 bits per heavy atom. The fraction of sp³-hybridized carbons (Fsp3) is 0.467. The first-order chi connectivity index (χ1) is 9.42. The number of hydrogen-bond donors (Lipinski definition) is 2. The van der Waals surface area contributed by atoms with E-state index in [4.69, 9.17) is 10.8 Å². The zero-order valence-corrected chi connectivity index (χ0v) is 11.6. The quantitative estimate of drug-likeness (QED) is 0.817. The molecule has 3 N–H and O–H groups in total. The van der Waals surface area contributed by atoms with Gasteiger partial charge in [-0.1, -0.05) is 18.2 Å². The molecule has 5 nitrogen and oxygen atoms in total. The monoisotopic (exact) mass is 276 g/mol. The summed E-state index contributed by atoms with van der Waals surface area (Å²) in [6.45, 7) is 2.51. The fourth-order valence-corrected chi connectivity index (χ4v) is 2.51. The van der Waals surface area contributed by atoms with Crippen LogP contribution in [0, 0.1) is 5.41 Å². The summed E-state index contributed by atoms with van der Waals surface area (Å²) in [5.41, 5.74) is 6.69. The van der Waals surface area contributed by atoms with Gasteiger partial charge in [-0.25, -0.2) is 0 Å². The van der Waals surface area contributed by atoms with Crippen LogP contribution in [0.3, 0.4) is 0 Å². The zero-order chi connectivity index (χ0) is 14.8. The molecule has 0 spiro atoms. The van der Waals surface area contributed by atoms with Crippen LogP contribution in [-0.4, -0.2) is 35.0 Å². The molecule has 1 aromatic rings. The minimum absolute atomic E-state index is 0.00164. The molecule has 20 heavy (non-hydrogen) atoms. The third kappa shape index (κ3) is 2.92. The molecule has 5 heteroatoms. The molecule has 0 bridgehead atoms. The standard InChI is InChI=1S/C15H20N2O3/c1-15(14(19)20)8-9-17(10-15)13(18)7-6-11-4-2-3-5-12(11)16/h2-5H,6-10,16H2,1H3,(H,19,20). The van der Waals surface area contributed by atoms with Crippen molar-refractivity contribution < 1.29 is 14.7 Å². The van der Waals surface area contributed by atoms with E-state index in [1.54, 1.807) is 11.8 Å². The maximum Gasteiger partial charge on any atom is 0.311 e. The SMILES string of the molecule is CC1(C(=O)O)CCN(C(=O)CCc2ccccc2N)C1. The lowest BCUT2D eigenvalue weighted by molar-refractivity contribution is -0.147. The van der Waals surface area contributed by atoms with Gasteiger partial charge in [0.05, 0.1) is 5.41 Å². The largest absolute Gasteiger partial charge is 0.481 e. The highest BCUT2D eigenvalue weighted by molar-refractivity contribution is 5.80. The van der Waals surface area contributed by atoms with Gasteiger partial charge in [-0.2, -0.15) is 0 Å². The molecule has 1 saturated heterocycles. The first-order valence-electron chi connectivity index (χ1n) is 6.77. The summed E-state index contributed by atoms with van der Waals surface area (Å²) in [6, 6.07) is 7.48. The molecule has 1 fully saturated rings. The van der Waals surface area contributed by atoms with Crippen LogP contribution in [0.25, 0.3) is 0 Å². The molecule has 108 valence electrons. The maximum absolute atomic E-state index is 12.1. The van der Waals surface area contributed by atoms with Gasteiger partial charge in [0, 0.05) is 25.2 Å². The second-order valence-electron chi connectivity index (χ2n) is 5.63. The van der Waals surface area contributed by atoms with Crippen molar-refractivity contribution in [3.63, 3.8) is 0 Å². The number of aryl methyl sites for hydroxylation is 1. The number of anilines is 1. The third-order valence-electron chi connectivity index (χ3n) is 4.01. The van der Waals surface area contributed by atoms with E-state index in [0.29, 0.717) is 38.0 Å². The van der Waals surface area contributed by atoms with Gasteiger partial charge in [-0.15, -0.1) is 0 Å². The Morgan fingerprint density at radius 1 is 1.40 bits per heavy atom. The Labute approximate surface area is 118 Å². The van der Waals surface area contributed by atoms with Gasteiger partial charge in [0.25, 0.3) is 0 Å². The minimum atomic E-state index is -0.833. The Kier molecular flexibility index (Phi) is 3.97. The van der Waals surface area contributed by atoms with Gasteiger partial charge < -0.3 is 15.7 Å². The molecular weight excluding hydrogens is 256 g/mol. The van der Waals surface area contributed by atoms with Crippen molar-refractivity contribution in [2.75, 3.05) is 18.8 Å². The van der Waals surface area contributed by atoms with E-state index in [-0.39, 0.29) is 5.91 Å². The third-order valence-corrected chi connectivity index (χ3v) is 4.01. The number of nitrogens with zero attached hydrogens (tertiary/aromatic N) is 1. The van der Waals surface area contributed by atoms with E-state index in [1.807, 2.05) is 24.3 Å². The average Bonchev–Trinajstić information content (AvgIpc) is 2.82. The number of carboxylic acids is 1. The maximum atomic E-state index is 12.1. The number of hydrogen-bond acceptors (Lipinski definition) is 3. The summed E-state index contributed by atoms with van der Waals surface area (Å²) in [6.07, 6.45) is 1.47. The molecule has 0 radical (unpaired) electrons. The predicted octanol–water partition coefficient (Wildman–Crippen LogP) is 1.52. The van der Waals surface area contributed by atoms with Crippen LogP contribution >= 0.6 is 0 Å². The van der Waals surface area contributed by atoms with Crippen molar-refractivity contribution >= 4 is 17.6 Å². The number of para-hydroxylation sites is 1. The van der Waals surface area contributed by atoms with E-state index in [9.17, 15) is 9.59 Å². The normalized spacial score (nSPS) is 21.9. The molecule has 0 aliphatic carbocycles. The van der Waals surface area contributed by atoms with Crippen molar-refractivity contribution in [2.24, 2.45) is 5.41 Å². The number of rotatable bonds is 4. The smallest absolute Gasteiger partial charge is 0.311 e. The molecule has 2 rings (SSSR count). The highest BCUT2D eigenvalue weighted by atomic mass is 16.4. The molecule has 1 heterocycles. The number of benzene rings is 1. The summed E-state index contributed by atoms with van der Waals surface area (Å²) in [4.78, 5) is 24.9. The van der Waals surface area contributed by atoms with Crippen molar-refractivity contribution in [3.05, 3.63) is 29.8 Å². The number of nitrogens with two attached hydrogens (primary N) is 1. The highest BCUT2D eigenvalue weighted by Gasteiger charge is 2.41. The van der Waals surface area contributed by atoms with Crippen molar-refractivity contribution in [1.29, 1.82) is 0 Å². The second-order valence-corrected chi connectivity index (χ2v) is 5.63. The van der Waals surface area contributed by atoms with E-state index in [0.717, 1.165) is 5.56 Å². The molecule has 1 atom stereocenters. The van der Waals surface area contributed by atoms with Crippen LogP contribution in [0.15, 0.2) is 24.3 Å². The van der Waals surface area contributed by atoms with Gasteiger partial charge in [0.2, 0.25) is 5.91 Å². The van der Waals surface area contributed by atoms with Crippen LogP contribution < -0.4 is 5.73 Å². The van der Waals surface area contributed by atoms with Crippen LogP contribution in [0.1, 0.15) is 25.3 Å². The van der Waals surface area contributed by atoms with E-state index in [2.05, 4.69) is 0 Å². The Hall–Kier alpha value is -2.04. The lowest BCUT2D eigenvalue weighted by Crippen LogP contribution is -2.34. The van der Waals surface area contributed by atoms with Gasteiger partial charge in [0.15, 0.2) is 0 Å². The van der Waals surface area contributed by atoms with Gasteiger partial charge in [0.1, 0.15) is 0 Å². The fourth-order valence-electron chi connectivity index (χ4n) is 2.51. The van der Waals surface area contributed by atoms with Crippen LogP contribution in [-0.2, 0) is 16.0 Å². The van der Waals surface area contributed by atoms with Crippen LogP contribution in [0.4, 0.5) is 5.69 Å². The Bertz CT molecular complexity index is 530. The second kappa shape index (κ2) is 5.53. The first kappa shape index (κ1) is 14.4. The molecule has 0 saturated carbocycles. The molecule has 0 aromatic heterocycles. The number of carboxylic acid groups (broad SMARTS) is 1. The van der Waals surface area contributed by atoms with E-state index < -0.39 is 11.4 Å². The lowest BCUT2D eigenvalue weighted by Gasteiger charge is -2.20. The molecule has 1 aliphatic heterocycles.